The van der Waals surface area contributed by atoms with Crippen LogP contribution in [0.15, 0.2) is 36.0 Å². The molecular formula is C20H28O4. The third-order valence-electron chi connectivity index (χ3n) is 5.56. The molecule has 0 saturated heterocycles. The summed E-state index contributed by atoms with van der Waals surface area (Å²) < 4.78 is 5.61. The smallest absolute Gasteiger partial charge is 0.331 e. The van der Waals surface area contributed by atoms with Gasteiger partial charge in [-0.3, -0.25) is 0 Å². The number of ether oxygens (including phenoxy) is 1. The highest BCUT2D eigenvalue weighted by molar-refractivity contribution is 5.86. The van der Waals surface area contributed by atoms with Crippen molar-refractivity contribution in [3.05, 3.63) is 36.0 Å². The second-order valence-corrected chi connectivity index (χ2v) is 7.86. The first-order valence-corrected chi connectivity index (χ1v) is 8.57. The van der Waals surface area contributed by atoms with E-state index in [0.717, 1.165) is 36.8 Å². The minimum atomic E-state index is -0.904. The van der Waals surface area contributed by atoms with Crippen molar-refractivity contribution in [2.24, 2.45) is 17.3 Å². The number of carboxylic acid groups (broad SMARTS) is 1. The molecule has 0 radical (unpaired) electrons. The van der Waals surface area contributed by atoms with Crippen LogP contribution in [0.25, 0.3) is 0 Å². The third kappa shape index (κ3) is 3.97. The number of carbonyl (C=O) groups excluding carboxylic acids is 1. The molecule has 0 heterocycles. The van der Waals surface area contributed by atoms with Crippen LogP contribution in [0.2, 0.25) is 0 Å². The summed E-state index contributed by atoms with van der Waals surface area (Å²) in [5.74, 6) is -0.908. The highest BCUT2D eigenvalue weighted by Gasteiger charge is 2.47. The van der Waals surface area contributed by atoms with Crippen molar-refractivity contribution in [3.63, 3.8) is 0 Å². The number of esters is 1. The summed E-state index contributed by atoms with van der Waals surface area (Å²) in [6.45, 7) is 13.9. The quantitative estimate of drug-likeness (QED) is 0.474. The van der Waals surface area contributed by atoms with Gasteiger partial charge in [0.05, 0.1) is 0 Å². The molecule has 0 aromatic rings. The summed E-state index contributed by atoms with van der Waals surface area (Å²) >= 11 is 0. The lowest BCUT2D eigenvalue weighted by Gasteiger charge is -2.50. The van der Waals surface area contributed by atoms with E-state index < -0.39 is 5.97 Å². The van der Waals surface area contributed by atoms with E-state index in [2.05, 4.69) is 20.1 Å². The molecular weight excluding hydrogens is 304 g/mol. The Morgan fingerprint density at radius 1 is 1.38 bits per heavy atom. The fourth-order valence-corrected chi connectivity index (χ4v) is 4.30. The Bertz CT molecular complexity index is 597. The third-order valence-corrected chi connectivity index (χ3v) is 5.56. The minimum absolute atomic E-state index is 0.0144. The standard InChI is InChI=1S/C20H28O4/c1-12(2)8-18(21)24-16-9-13(3)17-10-15(14(4)19(22)23)6-7-20(17,5)11-16/h8,15-17H,3-4,6-7,9-11H2,1-2,5H3,(H,22,23). The monoisotopic (exact) mass is 332 g/mol. The maximum atomic E-state index is 11.9. The van der Waals surface area contributed by atoms with Crippen molar-refractivity contribution >= 4 is 11.9 Å². The van der Waals surface area contributed by atoms with Crippen LogP contribution in [0.3, 0.4) is 0 Å². The van der Waals surface area contributed by atoms with E-state index in [4.69, 9.17) is 4.74 Å². The largest absolute Gasteiger partial charge is 0.478 e. The van der Waals surface area contributed by atoms with Crippen LogP contribution in [0.1, 0.15) is 52.9 Å². The molecule has 0 aromatic carbocycles. The van der Waals surface area contributed by atoms with Crippen molar-refractivity contribution in [1.29, 1.82) is 0 Å². The zero-order valence-electron chi connectivity index (χ0n) is 14.9. The van der Waals surface area contributed by atoms with Crippen LogP contribution in [0, 0.1) is 17.3 Å². The molecule has 0 spiro atoms. The molecule has 2 aliphatic rings. The lowest BCUT2D eigenvalue weighted by atomic mass is 9.55. The SMILES string of the molecule is C=C(C(=O)O)C1CCC2(C)CC(OC(=O)C=C(C)C)CC(=C)C2C1. The molecule has 4 atom stereocenters. The Kier molecular flexibility index (Phi) is 5.36. The second kappa shape index (κ2) is 6.96. The summed E-state index contributed by atoms with van der Waals surface area (Å²) in [5, 5.41) is 9.19. The topological polar surface area (TPSA) is 63.6 Å². The molecule has 2 aliphatic carbocycles. The summed E-state index contributed by atoms with van der Waals surface area (Å²) in [6.07, 6.45) is 5.37. The van der Waals surface area contributed by atoms with Crippen LogP contribution in [0.5, 0.6) is 0 Å². The highest BCUT2D eigenvalue weighted by Crippen LogP contribution is 2.54. The van der Waals surface area contributed by atoms with Crippen molar-refractivity contribution in [3.8, 4) is 0 Å². The Labute approximate surface area is 144 Å². The van der Waals surface area contributed by atoms with Gasteiger partial charge < -0.3 is 9.84 Å². The van der Waals surface area contributed by atoms with Crippen molar-refractivity contribution in [2.45, 2.75) is 59.0 Å². The normalized spacial score (nSPS) is 32.5. The van der Waals surface area contributed by atoms with E-state index in [1.165, 1.54) is 6.08 Å². The summed E-state index contributed by atoms with van der Waals surface area (Å²) in [6, 6.07) is 0. The second-order valence-electron chi connectivity index (χ2n) is 7.86. The fraction of sp³-hybridized carbons (Fsp3) is 0.600. The first kappa shape index (κ1) is 18.5. The molecule has 4 unspecified atom stereocenters. The summed E-state index contributed by atoms with van der Waals surface area (Å²) in [4.78, 5) is 23.1. The van der Waals surface area contributed by atoms with E-state index in [0.29, 0.717) is 12.0 Å². The van der Waals surface area contributed by atoms with Gasteiger partial charge in [0.2, 0.25) is 0 Å². The molecule has 2 saturated carbocycles. The summed E-state index contributed by atoms with van der Waals surface area (Å²) in [7, 11) is 0. The fourth-order valence-electron chi connectivity index (χ4n) is 4.30. The van der Waals surface area contributed by atoms with Gasteiger partial charge in [-0.1, -0.05) is 31.2 Å². The van der Waals surface area contributed by atoms with Crippen LogP contribution in [0.4, 0.5) is 0 Å². The van der Waals surface area contributed by atoms with Gasteiger partial charge in [0, 0.05) is 18.1 Å². The molecule has 1 N–H and O–H groups in total. The van der Waals surface area contributed by atoms with Gasteiger partial charge in [-0.05, 0) is 56.8 Å². The Hall–Kier alpha value is -1.84. The molecule has 2 rings (SSSR count). The summed E-state index contributed by atoms with van der Waals surface area (Å²) in [5.41, 5.74) is 2.32. The van der Waals surface area contributed by atoms with Crippen LogP contribution >= 0.6 is 0 Å². The molecule has 2 fully saturated rings. The average Bonchev–Trinajstić information content (AvgIpc) is 2.44. The molecule has 0 aliphatic heterocycles. The van der Waals surface area contributed by atoms with Crippen molar-refractivity contribution in [2.75, 3.05) is 0 Å². The van der Waals surface area contributed by atoms with E-state index in [9.17, 15) is 14.7 Å². The molecule has 0 amide bonds. The first-order chi connectivity index (χ1) is 11.1. The molecule has 0 bridgehead atoms. The lowest BCUT2D eigenvalue weighted by Crippen LogP contribution is -2.44. The Morgan fingerprint density at radius 2 is 2.04 bits per heavy atom. The van der Waals surface area contributed by atoms with Gasteiger partial charge in [0.25, 0.3) is 0 Å². The maximum absolute atomic E-state index is 11.9. The molecule has 4 heteroatoms. The average molecular weight is 332 g/mol. The Balaban J connectivity index is 2.07. The van der Waals surface area contributed by atoms with Crippen LogP contribution < -0.4 is 0 Å². The number of carboxylic acids is 1. The predicted molar refractivity (Wildman–Crippen MR) is 93.4 cm³/mol. The van der Waals surface area contributed by atoms with Gasteiger partial charge in [-0.25, -0.2) is 9.59 Å². The molecule has 4 nitrogen and oxygen atoms in total. The number of hydrogen-bond donors (Lipinski definition) is 1. The van der Waals surface area contributed by atoms with Crippen LogP contribution in [-0.2, 0) is 14.3 Å². The number of carbonyl (C=O) groups is 2. The van der Waals surface area contributed by atoms with Crippen LogP contribution in [-0.4, -0.2) is 23.1 Å². The van der Waals surface area contributed by atoms with E-state index in [-0.39, 0.29) is 29.3 Å². The van der Waals surface area contributed by atoms with Gasteiger partial charge in [0.1, 0.15) is 6.10 Å². The van der Waals surface area contributed by atoms with Gasteiger partial charge >= 0.3 is 11.9 Å². The number of aliphatic carboxylic acids is 1. The van der Waals surface area contributed by atoms with Crippen molar-refractivity contribution in [1.82, 2.24) is 0 Å². The highest BCUT2D eigenvalue weighted by atomic mass is 16.5. The molecule has 24 heavy (non-hydrogen) atoms. The number of rotatable bonds is 4. The number of hydrogen-bond acceptors (Lipinski definition) is 3. The van der Waals surface area contributed by atoms with Crippen molar-refractivity contribution < 1.29 is 19.4 Å². The van der Waals surface area contributed by atoms with E-state index in [1.54, 1.807) is 0 Å². The zero-order valence-corrected chi connectivity index (χ0v) is 14.9. The van der Waals surface area contributed by atoms with E-state index in [1.807, 2.05) is 13.8 Å². The predicted octanol–water partition coefficient (Wildman–Crippen LogP) is 4.28. The molecule has 132 valence electrons. The van der Waals surface area contributed by atoms with Gasteiger partial charge in [-0.15, -0.1) is 0 Å². The molecule has 0 aromatic heterocycles. The van der Waals surface area contributed by atoms with Gasteiger partial charge in [-0.2, -0.15) is 0 Å². The first-order valence-electron chi connectivity index (χ1n) is 8.57. The van der Waals surface area contributed by atoms with Gasteiger partial charge in [0.15, 0.2) is 0 Å². The zero-order chi connectivity index (χ0) is 18.1. The minimum Gasteiger partial charge on any atom is -0.478 e. The Morgan fingerprint density at radius 3 is 2.62 bits per heavy atom. The maximum Gasteiger partial charge on any atom is 0.331 e. The number of fused-ring (bicyclic) bond motifs is 1. The lowest BCUT2D eigenvalue weighted by molar-refractivity contribution is -0.147. The number of allylic oxidation sites excluding steroid dienone is 1. The van der Waals surface area contributed by atoms with E-state index >= 15 is 0 Å².